The van der Waals surface area contributed by atoms with Gasteiger partial charge in [-0.15, -0.1) is 0 Å². The second kappa shape index (κ2) is 5.60. The second-order valence-corrected chi connectivity index (χ2v) is 6.26. The van der Waals surface area contributed by atoms with Crippen molar-refractivity contribution in [3.8, 4) is 0 Å². The van der Waals surface area contributed by atoms with E-state index >= 15 is 0 Å². The zero-order chi connectivity index (χ0) is 13.3. The summed E-state index contributed by atoms with van der Waals surface area (Å²) in [6.07, 6.45) is 6.02. The summed E-state index contributed by atoms with van der Waals surface area (Å²) in [7, 11) is 0. The molecule has 2 rings (SSSR count). The maximum Gasteiger partial charge on any atom is 0.241 e. The number of nitrogens with zero attached hydrogens (tertiary/aromatic N) is 1. The van der Waals surface area contributed by atoms with Crippen molar-refractivity contribution in [1.29, 1.82) is 0 Å². The van der Waals surface area contributed by atoms with Gasteiger partial charge in [-0.25, -0.2) is 0 Å². The maximum atomic E-state index is 12.5. The van der Waals surface area contributed by atoms with Crippen molar-refractivity contribution < 1.29 is 4.79 Å². The van der Waals surface area contributed by atoms with E-state index in [1.807, 2.05) is 0 Å². The molecule has 3 heteroatoms. The molecule has 0 bridgehead atoms. The molecule has 5 atom stereocenters. The average molecular weight is 252 g/mol. The van der Waals surface area contributed by atoms with E-state index in [4.69, 9.17) is 0 Å². The molecule has 1 amide bonds. The van der Waals surface area contributed by atoms with Gasteiger partial charge >= 0.3 is 0 Å². The van der Waals surface area contributed by atoms with Crippen molar-refractivity contribution in [2.24, 2.45) is 11.8 Å². The smallest absolute Gasteiger partial charge is 0.241 e. The Morgan fingerprint density at radius 2 is 2.00 bits per heavy atom. The van der Waals surface area contributed by atoms with Crippen molar-refractivity contribution in [2.75, 3.05) is 0 Å². The first kappa shape index (κ1) is 13.9. The van der Waals surface area contributed by atoms with Crippen LogP contribution in [-0.2, 0) is 4.79 Å². The predicted octanol–water partition coefficient (Wildman–Crippen LogP) is 2.76. The molecule has 104 valence electrons. The zero-order valence-corrected chi connectivity index (χ0v) is 12.3. The summed E-state index contributed by atoms with van der Waals surface area (Å²) < 4.78 is 0. The van der Waals surface area contributed by atoms with Crippen LogP contribution in [0.4, 0.5) is 0 Å². The van der Waals surface area contributed by atoms with Gasteiger partial charge in [0.1, 0.15) is 0 Å². The van der Waals surface area contributed by atoms with Crippen LogP contribution < -0.4 is 5.32 Å². The van der Waals surface area contributed by atoms with Crippen LogP contribution >= 0.6 is 0 Å². The van der Waals surface area contributed by atoms with Crippen LogP contribution in [0.3, 0.4) is 0 Å². The minimum Gasteiger partial charge on any atom is -0.323 e. The molecule has 5 unspecified atom stereocenters. The number of amides is 1. The normalized spacial score (nSPS) is 41.4. The van der Waals surface area contributed by atoms with Crippen molar-refractivity contribution in [2.45, 2.75) is 78.0 Å². The SMILES string of the molecule is CCCC1NC(C)N(C2CCCC(C)C2C)C1=O. The fraction of sp³-hybridized carbons (Fsp3) is 0.933. The van der Waals surface area contributed by atoms with Crippen LogP contribution in [0.15, 0.2) is 0 Å². The van der Waals surface area contributed by atoms with Crippen LogP contribution in [-0.4, -0.2) is 29.1 Å². The molecule has 2 aliphatic rings. The van der Waals surface area contributed by atoms with Crippen molar-refractivity contribution in [1.82, 2.24) is 10.2 Å². The van der Waals surface area contributed by atoms with E-state index in [1.54, 1.807) is 0 Å². The zero-order valence-electron chi connectivity index (χ0n) is 12.3. The van der Waals surface area contributed by atoms with E-state index in [0.717, 1.165) is 18.8 Å². The summed E-state index contributed by atoms with van der Waals surface area (Å²) in [5.74, 6) is 1.72. The van der Waals surface area contributed by atoms with Gasteiger partial charge in [0, 0.05) is 6.04 Å². The molecule has 1 saturated carbocycles. The lowest BCUT2D eigenvalue weighted by Crippen LogP contribution is -2.49. The van der Waals surface area contributed by atoms with Crippen LogP contribution in [0.1, 0.15) is 59.8 Å². The minimum absolute atomic E-state index is 0.0643. The van der Waals surface area contributed by atoms with Gasteiger partial charge < -0.3 is 4.90 Å². The fourth-order valence-corrected chi connectivity index (χ4v) is 3.71. The van der Waals surface area contributed by atoms with E-state index in [9.17, 15) is 4.79 Å². The number of hydrogen-bond donors (Lipinski definition) is 1. The molecule has 1 aliphatic heterocycles. The molecule has 0 radical (unpaired) electrons. The highest BCUT2D eigenvalue weighted by molar-refractivity contribution is 5.84. The molecule has 1 aliphatic carbocycles. The molecular formula is C15H28N2O. The van der Waals surface area contributed by atoms with Crippen LogP contribution in [0, 0.1) is 11.8 Å². The number of carbonyl (C=O) groups excluding carboxylic acids is 1. The van der Waals surface area contributed by atoms with E-state index in [2.05, 4.69) is 37.9 Å². The van der Waals surface area contributed by atoms with Gasteiger partial charge in [0.25, 0.3) is 0 Å². The first-order valence-corrected chi connectivity index (χ1v) is 7.64. The second-order valence-electron chi connectivity index (χ2n) is 6.26. The van der Waals surface area contributed by atoms with E-state index in [0.29, 0.717) is 17.9 Å². The van der Waals surface area contributed by atoms with E-state index < -0.39 is 0 Å². The lowest BCUT2D eigenvalue weighted by Gasteiger charge is -2.41. The summed E-state index contributed by atoms with van der Waals surface area (Å²) >= 11 is 0. The van der Waals surface area contributed by atoms with Gasteiger partial charge in [0.05, 0.1) is 12.2 Å². The number of carbonyl (C=O) groups is 1. The Hall–Kier alpha value is -0.570. The molecule has 0 aromatic heterocycles. The van der Waals surface area contributed by atoms with Gasteiger partial charge in [0.2, 0.25) is 5.91 Å². The van der Waals surface area contributed by atoms with Crippen LogP contribution in [0.2, 0.25) is 0 Å². The van der Waals surface area contributed by atoms with Crippen molar-refractivity contribution in [3.63, 3.8) is 0 Å². The Kier molecular flexibility index (Phi) is 4.31. The first-order valence-electron chi connectivity index (χ1n) is 7.64. The largest absolute Gasteiger partial charge is 0.323 e. The minimum atomic E-state index is 0.0643. The average Bonchev–Trinajstić information content (AvgIpc) is 2.60. The molecule has 1 saturated heterocycles. The summed E-state index contributed by atoms with van der Waals surface area (Å²) in [5, 5.41) is 3.46. The predicted molar refractivity (Wildman–Crippen MR) is 74.1 cm³/mol. The molecule has 0 aromatic rings. The molecule has 1 N–H and O–H groups in total. The topological polar surface area (TPSA) is 32.3 Å². The Labute approximate surface area is 111 Å². The first-order chi connectivity index (χ1) is 8.56. The molecule has 0 aromatic carbocycles. The molecule has 3 nitrogen and oxygen atoms in total. The molecular weight excluding hydrogens is 224 g/mol. The summed E-state index contributed by atoms with van der Waals surface area (Å²) in [5.41, 5.74) is 0. The summed E-state index contributed by atoms with van der Waals surface area (Å²) in [4.78, 5) is 14.7. The third-order valence-electron chi connectivity index (χ3n) is 5.01. The Morgan fingerprint density at radius 3 is 2.67 bits per heavy atom. The van der Waals surface area contributed by atoms with Gasteiger partial charge in [-0.3, -0.25) is 10.1 Å². The standard InChI is InChI=1S/C15H28N2O/c1-5-7-13-15(18)17(12(4)16-13)14-9-6-8-10(2)11(14)3/h10-14,16H,5-9H2,1-4H3. The summed E-state index contributed by atoms with van der Waals surface area (Å²) in [6, 6.07) is 0.514. The van der Waals surface area contributed by atoms with Crippen molar-refractivity contribution >= 4 is 5.91 Å². The highest BCUT2D eigenvalue weighted by atomic mass is 16.2. The van der Waals surface area contributed by atoms with Gasteiger partial charge in [-0.05, 0) is 31.6 Å². The van der Waals surface area contributed by atoms with Crippen LogP contribution in [0.25, 0.3) is 0 Å². The number of nitrogens with one attached hydrogen (secondary N) is 1. The third kappa shape index (κ3) is 2.42. The Morgan fingerprint density at radius 1 is 1.28 bits per heavy atom. The van der Waals surface area contributed by atoms with E-state index in [1.165, 1.54) is 19.3 Å². The maximum absolute atomic E-state index is 12.5. The number of hydrogen-bond acceptors (Lipinski definition) is 2. The van der Waals surface area contributed by atoms with Crippen LogP contribution in [0.5, 0.6) is 0 Å². The lowest BCUT2D eigenvalue weighted by molar-refractivity contribution is -0.134. The quantitative estimate of drug-likeness (QED) is 0.837. The summed E-state index contributed by atoms with van der Waals surface area (Å²) in [6.45, 7) is 8.94. The molecule has 1 heterocycles. The number of rotatable bonds is 3. The highest BCUT2D eigenvalue weighted by Gasteiger charge is 2.43. The Balaban J connectivity index is 2.09. The van der Waals surface area contributed by atoms with Crippen molar-refractivity contribution in [3.05, 3.63) is 0 Å². The van der Waals surface area contributed by atoms with Gasteiger partial charge in [-0.2, -0.15) is 0 Å². The van der Waals surface area contributed by atoms with Gasteiger partial charge in [0.15, 0.2) is 0 Å². The third-order valence-corrected chi connectivity index (χ3v) is 5.01. The molecule has 18 heavy (non-hydrogen) atoms. The molecule has 0 spiro atoms. The monoisotopic (exact) mass is 252 g/mol. The van der Waals surface area contributed by atoms with Gasteiger partial charge in [-0.1, -0.05) is 40.0 Å². The highest BCUT2D eigenvalue weighted by Crippen LogP contribution is 2.35. The molecule has 2 fully saturated rings. The Bertz CT molecular complexity index is 305. The van der Waals surface area contributed by atoms with E-state index in [-0.39, 0.29) is 12.2 Å². The lowest BCUT2D eigenvalue weighted by atomic mass is 9.77. The fourth-order valence-electron chi connectivity index (χ4n) is 3.71.